The Bertz CT molecular complexity index is 408. The lowest BCUT2D eigenvalue weighted by Gasteiger charge is -2.23. The van der Waals surface area contributed by atoms with E-state index in [0.29, 0.717) is 6.61 Å². The van der Waals surface area contributed by atoms with Crippen molar-refractivity contribution in [3.05, 3.63) is 11.9 Å². The van der Waals surface area contributed by atoms with Crippen molar-refractivity contribution in [2.75, 3.05) is 46.3 Å². The molecule has 1 rings (SSSR count). The van der Waals surface area contributed by atoms with Crippen LogP contribution in [0.5, 0.6) is 0 Å². The highest BCUT2D eigenvalue weighted by Crippen LogP contribution is 2.12. The predicted molar refractivity (Wildman–Crippen MR) is 85.9 cm³/mol. The Balaban J connectivity index is 2.72. The molecule has 2 unspecified atom stereocenters. The largest absolute Gasteiger partial charge is 0.383 e. The molecule has 1 aromatic rings. The van der Waals surface area contributed by atoms with E-state index in [-0.39, 0.29) is 12.1 Å². The Morgan fingerprint density at radius 3 is 2.71 bits per heavy atom. The molecule has 0 amide bonds. The van der Waals surface area contributed by atoms with E-state index in [2.05, 4.69) is 46.9 Å². The Morgan fingerprint density at radius 1 is 1.43 bits per heavy atom. The maximum Gasteiger partial charge on any atom is 0.203 e. The van der Waals surface area contributed by atoms with Crippen molar-refractivity contribution in [1.82, 2.24) is 14.5 Å². The molecule has 0 radical (unpaired) electrons. The van der Waals surface area contributed by atoms with Crippen LogP contribution in [0.3, 0.4) is 0 Å². The zero-order chi connectivity index (χ0) is 15.8. The summed E-state index contributed by atoms with van der Waals surface area (Å²) >= 11 is 0. The molecule has 1 heterocycles. The molecule has 122 valence electrons. The van der Waals surface area contributed by atoms with Crippen LogP contribution in [0.15, 0.2) is 6.20 Å². The summed E-state index contributed by atoms with van der Waals surface area (Å²) in [6.07, 6.45) is 2.20. The van der Waals surface area contributed by atoms with E-state index in [1.807, 2.05) is 6.92 Å². The minimum atomic E-state index is 0.141. The molecule has 6 heteroatoms. The fourth-order valence-corrected chi connectivity index (χ4v) is 2.22. The summed E-state index contributed by atoms with van der Waals surface area (Å²) in [6, 6.07) is 0.217. The number of methoxy groups -OCH3 is 2. The topological polar surface area (TPSA) is 51.6 Å². The van der Waals surface area contributed by atoms with Crippen LogP contribution >= 0.6 is 0 Å². The van der Waals surface area contributed by atoms with Crippen LogP contribution in [0.2, 0.25) is 0 Å². The Kier molecular flexibility index (Phi) is 7.71. The van der Waals surface area contributed by atoms with Gasteiger partial charge < -0.3 is 24.3 Å². The van der Waals surface area contributed by atoms with E-state index >= 15 is 0 Å². The molecule has 0 spiro atoms. The lowest BCUT2D eigenvalue weighted by molar-refractivity contribution is 0.0606. The SMILES string of the molecule is CCN(C)CC(Cn1cc(C)nc1NC(C)COC)OC. The van der Waals surface area contributed by atoms with Gasteiger partial charge in [0, 0.05) is 33.0 Å². The van der Waals surface area contributed by atoms with E-state index in [4.69, 9.17) is 9.47 Å². The van der Waals surface area contributed by atoms with E-state index in [1.165, 1.54) is 0 Å². The van der Waals surface area contributed by atoms with Crippen molar-refractivity contribution < 1.29 is 9.47 Å². The second-order valence-electron chi connectivity index (χ2n) is 5.57. The number of likely N-dealkylation sites (N-methyl/N-ethyl adjacent to an activating group) is 1. The third-order valence-corrected chi connectivity index (χ3v) is 3.48. The molecular formula is C15H30N4O2. The first-order chi connectivity index (χ1) is 9.99. The van der Waals surface area contributed by atoms with Crippen molar-refractivity contribution in [1.29, 1.82) is 0 Å². The molecule has 1 N–H and O–H groups in total. The van der Waals surface area contributed by atoms with Gasteiger partial charge in [0.2, 0.25) is 5.95 Å². The van der Waals surface area contributed by atoms with E-state index in [9.17, 15) is 0 Å². The quantitative estimate of drug-likeness (QED) is 0.711. The van der Waals surface area contributed by atoms with E-state index in [0.717, 1.165) is 31.3 Å². The maximum atomic E-state index is 5.60. The van der Waals surface area contributed by atoms with Crippen molar-refractivity contribution >= 4 is 5.95 Å². The molecule has 0 aromatic carbocycles. The van der Waals surface area contributed by atoms with Gasteiger partial charge in [-0.25, -0.2) is 4.98 Å². The number of nitrogens with one attached hydrogen (secondary N) is 1. The summed E-state index contributed by atoms with van der Waals surface area (Å²) in [5.41, 5.74) is 1.00. The smallest absolute Gasteiger partial charge is 0.203 e. The molecule has 0 saturated heterocycles. The number of hydrogen-bond acceptors (Lipinski definition) is 5. The highest BCUT2D eigenvalue weighted by atomic mass is 16.5. The number of imidazole rings is 1. The van der Waals surface area contributed by atoms with Gasteiger partial charge in [0.15, 0.2) is 0 Å². The number of aryl methyl sites for hydroxylation is 1. The van der Waals surface area contributed by atoms with E-state index < -0.39 is 0 Å². The van der Waals surface area contributed by atoms with Gasteiger partial charge in [0.25, 0.3) is 0 Å². The first kappa shape index (κ1) is 17.9. The molecule has 0 fully saturated rings. The van der Waals surface area contributed by atoms with Crippen molar-refractivity contribution in [3.63, 3.8) is 0 Å². The van der Waals surface area contributed by atoms with Crippen LogP contribution in [0, 0.1) is 6.92 Å². The van der Waals surface area contributed by atoms with Crippen LogP contribution in [0.4, 0.5) is 5.95 Å². The Morgan fingerprint density at radius 2 is 2.14 bits per heavy atom. The third-order valence-electron chi connectivity index (χ3n) is 3.48. The van der Waals surface area contributed by atoms with Gasteiger partial charge in [-0.2, -0.15) is 0 Å². The van der Waals surface area contributed by atoms with Crippen molar-refractivity contribution in [2.45, 2.75) is 39.5 Å². The zero-order valence-electron chi connectivity index (χ0n) is 14.2. The maximum absolute atomic E-state index is 5.60. The second kappa shape index (κ2) is 9.02. The first-order valence-corrected chi connectivity index (χ1v) is 7.50. The molecule has 2 atom stereocenters. The highest BCUT2D eigenvalue weighted by Gasteiger charge is 2.15. The van der Waals surface area contributed by atoms with Gasteiger partial charge in [-0.3, -0.25) is 0 Å². The normalized spacial score (nSPS) is 14.4. The van der Waals surface area contributed by atoms with Crippen LogP contribution in [-0.2, 0) is 16.0 Å². The molecule has 0 saturated carbocycles. The zero-order valence-corrected chi connectivity index (χ0v) is 14.2. The Labute approximate surface area is 128 Å². The monoisotopic (exact) mass is 298 g/mol. The number of aromatic nitrogens is 2. The molecule has 6 nitrogen and oxygen atoms in total. The summed E-state index contributed by atoms with van der Waals surface area (Å²) in [5, 5.41) is 3.39. The molecule has 0 aliphatic heterocycles. The number of anilines is 1. The average molecular weight is 298 g/mol. The number of rotatable bonds is 10. The molecule has 0 bridgehead atoms. The van der Waals surface area contributed by atoms with Crippen molar-refractivity contribution in [2.24, 2.45) is 0 Å². The standard InChI is InChI=1S/C15H30N4O2/c1-7-18(4)9-14(21-6)10-19-8-12(2)16-15(19)17-13(3)11-20-5/h8,13-14H,7,9-11H2,1-6H3,(H,16,17). The van der Waals surface area contributed by atoms with Gasteiger partial charge in [0.05, 0.1) is 24.9 Å². The van der Waals surface area contributed by atoms with E-state index in [1.54, 1.807) is 14.2 Å². The summed E-state index contributed by atoms with van der Waals surface area (Å²) in [5.74, 6) is 0.873. The third kappa shape index (κ3) is 6.03. The van der Waals surface area contributed by atoms with Gasteiger partial charge in [-0.15, -0.1) is 0 Å². The van der Waals surface area contributed by atoms with Gasteiger partial charge >= 0.3 is 0 Å². The van der Waals surface area contributed by atoms with Gasteiger partial charge in [-0.1, -0.05) is 6.92 Å². The summed E-state index contributed by atoms with van der Waals surface area (Å²) in [4.78, 5) is 6.80. The second-order valence-corrected chi connectivity index (χ2v) is 5.57. The molecule has 0 aliphatic rings. The molecule has 1 aromatic heterocycles. The minimum Gasteiger partial charge on any atom is -0.383 e. The van der Waals surface area contributed by atoms with Gasteiger partial charge in [-0.05, 0) is 27.4 Å². The average Bonchev–Trinajstić information content (AvgIpc) is 2.77. The highest BCUT2D eigenvalue weighted by molar-refractivity contribution is 5.30. The fourth-order valence-electron chi connectivity index (χ4n) is 2.22. The van der Waals surface area contributed by atoms with Crippen LogP contribution < -0.4 is 5.32 Å². The number of hydrogen-bond donors (Lipinski definition) is 1. The summed E-state index contributed by atoms with van der Waals surface area (Å²) < 4.78 is 12.9. The van der Waals surface area contributed by atoms with Crippen LogP contribution in [-0.4, -0.2) is 67.6 Å². The summed E-state index contributed by atoms with van der Waals surface area (Å²) in [6.45, 7) is 9.57. The predicted octanol–water partition coefficient (Wildman–Crippen LogP) is 1.61. The number of ether oxygens (including phenoxy) is 2. The van der Waals surface area contributed by atoms with Crippen LogP contribution in [0.1, 0.15) is 19.5 Å². The van der Waals surface area contributed by atoms with Crippen molar-refractivity contribution in [3.8, 4) is 0 Å². The lowest BCUT2D eigenvalue weighted by atomic mass is 10.3. The Hall–Kier alpha value is -1.11. The lowest BCUT2D eigenvalue weighted by Crippen LogP contribution is -2.34. The summed E-state index contributed by atoms with van der Waals surface area (Å²) in [7, 11) is 5.57. The molecular weight excluding hydrogens is 268 g/mol. The minimum absolute atomic E-state index is 0.141. The molecule has 21 heavy (non-hydrogen) atoms. The molecule has 0 aliphatic carbocycles. The first-order valence-electron chi connectivity index (χ1n) is 7.50. The fraction of sp³-hybridized carbons (Fsp3) is 0.800. The number of nitrogens with zero attached hydrogens (tertiary/aromatic N) is 3. The van der Waals surface area contributed by atoms with Crippen LogP contribution in [0.25, 0.3) is 0 Å². The van der Waals surface area contributed by atoms with Gasteiger partial charge in [0.1, 0.15) is 0 Å².